The van der Waals surface area contributed by atoms with Gasteiger partial charge in [-0.05, 0) is 36.8 Å². The second-order valence-corrected chi connectivity index (χ2v) is 6.75. The smallest absolute Gasteiger partial charge is 0.275 e. The minimum absolute atomic E-state index is 0.0860. The van der Waals surface area contributed by atoms with E-state index in [1.54, 1.807) is 4.68 Å². The lowest BCUT2D eigenvalue weighted by molar-refractivity contribution is 0.575. The maximum Gasteiger partial charge on any atom is 0.275 e. The topological polar surface area (TPSA) is 37.8 Å². The van der Waals surface area contributed by atoms with Crippen LogP contribution in [-0.4, -0.2) is 9.78 Å². The summed E-state index contributed by atoms with van der Waals surface area (Å²) < 4.78 is 1.71. The number of para-hydroxylation sites is 1. The Morgan fingerprint density at radius 2 is 1.86 bits per heavy atom. The predicted molar refractivity (Wildman–Crippen MR) is 88.4 cm³/mol. The van der Waals surface area contributed by atoms with Crippen LogP contribution in [0.2, 0.25) is 0 Å². The Hall–Kier alpha value is -1.77. The monoisotopic (exact) mass is 286 g/mol. The van der Waals surface area contributed by atoms with Crippen LogP contribution in [0.4, 0.5) is 0 Å². The first-order chi connectivity index (χ1) is 9.86. The van der Waals surface area contributed by atoms with Gasteiger partial charge in [-0.3, -0.25) is 9.89 Å². The number of aryl methyl sites for hydroxylation is 2. The van der Waals surface area contributed by atoms with Crippen LogP contribution in [0.3, 0.4) is 0 Å². The third-order valence-corrected chi connectivity index (χ3v) is 3.85. The lowest BCUT2D eigenvalue weighted by Gasteiger charge is -2.17. The molecule has 0 fully saturated rings. The molecule has 0 saturated heterocycles. The summed E-state index contributed by atoms with van der Waals surface area (Å²) in [5.41, 5.74) is 3.98. The number of H-pyrrole nitrogens is 1. The molecule has 0 atom stereocenters. The number of benzene rings is 1. The van der Waals surface area contributed by atoms with Gasteiger partial charge < -0.3 is 0 Å². The molecule has 0 amide bonds. The summed E-state index contributed by atoms with van der Waals surface area (Å²) in [6.07, 6.45) is 3.15. The van der Waals surface area contributed by atoms with Crippen molar-refractivity contribution in [1.29, 1.82) is 0 Å². The van der Waals surface area contributed by atoms with E-state index in [0.29, 0.717) is 0 Å². The van der Waals surface area contributed by atoms with E-state index < -0.39 is 0 Å². The Balaban J connectivity index is 2.62. The first-order valence-electron chi connectivity index (χ1n) is 7.76. The standard InChI is InChI=1S/C18H26N2O/c1-6-7-11-14-16(18(3,4)5)17(21)20(19-14)15-12-9-8-10-13(15)2/h8-10,12,19H,6-7,11H2,1-5H3. The summed E-state index contributed by atoms with van der Waals surface area (Å²) in [4.78, 5) is 12.9. The summed E-state index contributed by atoms with van der Waals surface area (Å²) in [6, 6.07) is 7.99. The van der Waals surface area contributed by atoms with E-state index in [2.05, 4.69) is 32.8 Å². The number of rotatable bonds is 4. The van der Waals surface area contributed by atoms with Gasteiger partial charge in [0, 0.05) is 11.3 Å². The van der Waals surface area contributed by atoms with E-state index in [1.165, 1.54) is 0 Å². The number of aromatic nitrogens is 2. The van der Waals surface area contributed by atoms with Crippen molar-refractivity contribution in [2.45, 2.75) is 59.3 Å². The second-order valence-electron chi connectivity index (χ2n) is 6.75. The molecule has 1 N–H and O–H groups in total. The molecule has 21 heavy (non-hydrogen) atoms. The summed E-state index contributed by atoms with van der Waals surface area (Å²) in [7, 11) is 0. The van der Waals surface area contributed by atoms with E-state index in [1.807, 2.05) is 31.2 Å². The van der Waals surface area contributed by atoms with Gasteiger partial charge in [0.2, 0.25) is 0 Å². The number of aromatic amines is 1. The van der Waals surface area contributed by atoms with Crippen LogP contribution in [0.15, 0.2) is 29.1 Å². The molecule has 0 unspecified atom stereocenters. The Kier molecular flexibility index (Phi) is 4.40. The van der Waals surface area contributed by atoms with E-state index in [0.717, 1.165) is 41.8 Å². The molecule has 0 bridgehead atoms. The minimum Gasteiger partial charge on any atom is -0.295 e. The average Bonchev–Trinajstić information content (AvgIpc) is 2.73. The third kappa shape index (κ3) is 3.12. The Morgan fingerprint density at radius 3 is 2.43 bits per heavy atom. The van der Waals surface area contributed by atoms with Crippen molar-refractivity contribution in [2.75, 3.05) is 0 Å². The quantitative estimate of drug-likeness (QED) is 0.902. The van der Waals surface area contributed by atoms with Crippen molar-refractivity contribution in [3.63, 3.8) is 0 Å². The molecule has 0 aliphatic rings. The van der Waals surface area contributed by atoms with Gasteiger partial charge in [-0.2, -0.15) is 0 Å². The zero-order valence-electron chi connectivity index (χ0n) is 13.8. The molecule has 0 spiro atoms. The number of nitrogens with one attached hydrogen (secondary N) is 1. The minimum atomic E-state index is -0.148. The van der Waals surface area contributed by atoms with Gasteiger partial charge in [0.1, 0.15) is 0 Å². The van der Waals surface area contributed by atoms with Crippen LogP contribution in [0.1, 0.15) is 57.4 Å². The Bertz CT molecular complexity index is 671. The van der Waals surface area contributed by atoms with Crippen molar-refractivity contribution in [3.05, 3.63) is 51.4 Å². The molecule has 114 valence electrons. The maximum absolute atomic E-state index is 12.9. The summed E-state index contributed by atoms with van der Waals surface area (Å²) >= 11 is 0. The molecule has 2 rings (SSSR count). The maximum atomic E-state index is 12.9. The molecule has 0 saturated carbocycles. The average molecular weight is 286 g/mol. The fourth-order valence-corrected chi connectivity index (χ4v) is 2.77. The largest absolute Gasteiger partial charge is 0.295 e. The first kappa shape index (κ1) is 15.6. The lowest BCUT2D eigenvalue weighted by Crippen LogP contribution is -2.26. The molecule has 3 heteroatoms. The van der Waals surface area contributed by atoms with Gasteiger partial charge in [-0.25, -0.2) is 4.68 Å². The van der Waals surface area contributed by atoms with Crippen molar-refractivity contribution in [1.82, 2.24) is 9.78 Å². The lowest BCUT2D eigenvalue weighted by atomic mass is 9.86. The molecular formula is C18H26N2O. The fraction of sp³-hybridized carbons (Fsp3) is 0.500. The molecule has 0 radical (unpaired) electrons. The molecule has 1 aromatic carbocycles. The summed E-state index contributed by atoms with van der Waals surface area (Å²) in [5, 5.41) is 3.35. The highest BCUT2D eigenvalue weighted by atomic mass is 16.1. The molecule has 1 heterocycles. The molecule has 0 aliphatic carbocycles. The van der Waals surface area contributed by atoms with Gasteiger partial charge >= 0.3 is 0 Å². The van der Waals surface area contributed by atoms with Gasteiger partial charge in [0.05, 0.1) is 5.69 Å². The molecule has 2 aromatic rings. The van der Waals surface area contributed by atoms with Crippen LogP contribution < -0.4 is 5.56 Å². The van der Waals surface area contributed by atoms with E-state index in [-0.39, 0.29) is 11.0 Å². The Labute approximate surface area is 127 Å². The highest BCUT2D eigenvalue weighted by Gasteiger charge is 2.26. The second kappa shape index (κ2) is 5.92. The van der Waals surface area contributed by atoms with Crippen LogP contribution in [0.25, 0.3) is 5.69 Å². The molecule has 3 nitrogen and oxygen atoms in total. The van der Waals surface area contributed by atoms with Crippen molar-refractivity contribution in [2.24, 2.45) is 0 Å². The number of unbranched alkanes of at least 4 members (excludes halogenated alkanes) is 1. The zero-order chi connectivity index (χ0) is 15.6. The number of hydrogen-bond donors (Lipinski definition) is 1. The van der Waals surface area contributed by atoms with E-state index in [9.17, 15) is 4.79 Å². The zero-order valence-corrected chi connectivity index (χ0v) is 13.8. The van der Waals surface area contributed by atoms with Crippen LogP contribution in [-0.2, 0) is 11.8 Å². The van der Waals surface area contributed by atoms with Gasteiger partial charge in [0.25, 0.3) is 5.56 Å². The van der Waals surface area contributed by atoms with E-state index in [4.69, 9.17) is 0 Å². The first-order valence-corrected chi connectivity index (χ1v) is 7.76. The molecule has 1 aromatic heterocycles. The van der Waals surface area contributed by atoms with E-state index >= 15 is 0 Å². The van der Waals surface area contributed by atoms with Gasteiger partial charge in [0.15, 0.2) is 0 Å². The van der Waals surface area contributed by atoms with Crippen LogP contribution in [0, 0.1) is 6.92 Å². The third-order valence-electron chi connectivity index (χ3n) is 3.85. The highest BCUT2D eigenvalue weighted by molar-refractivity contribution is 5.41. The highest BCUT2D eigenvalue weighted by Crippen LogP contribution is 2.24. The Morgan fingerprint density at radius 1 is 1.19 bits per heavy atom. The molecule has 0 aliphatic heterocycles. The van der Waals surface area contributed by atoms with Gasteiger partial charge in [-0.1, -0.05) is 52.3 Å². The van der Waals surface area contributed by atoms with Crippen molar-refractivity contribution >= 4 is 0 Å². The SMILES string of the molecule is CCCCc1[nH]n(-c2ccccc2C)c(=O)c1C(C)(C)C. The predicted octanol–water partition coefficient (Wildman–Crippen LogP) is 4.11. The van der Waals surface area contributed by atoms with Crippen molar-refractivity contribution in [3.8, 4) is 5.69 Å². The molecular weight excluding hydrogens is 260 g/mol. The summed E-state index contributed by atoms with van der Waals surface area (Å²) in [5.74, 6) is 0. The summed E-state index contributed by atoms with van der Waals surface area (Å²) in [6.45, 7) is 10.5. The van der Waals surface area contributed by atoms with Crippen molar-refractivity contribution < 1.29 is 0 Å². The normalized spacial score (nSPS) is 11.9. The number of hydrogen-bond acceptors (Lipinski definition) is 1. The van der Waals surface area contributed by atoms with Gasteiger partial charge in [-0.15, -0.1) is 0 Å². The van der Waals surface area contributed by atoms with Crippen LogP contribution >= 0.6 is 0 Å². The number of nitrogens with zero attached hydrogens (tertiary/aromatic N) is 1. The fourth-order valence-electron chi connectivity index (χ4n) is 2.77. The van der Waals surface area contributed by atoms with Crippen LogP contribution in [0.5, 0.6) is 0 Å².